The maximum absolute atomic E-state index is 12.8. The number of carbonyl (C=O) groups excluding carboxylic acids is 1. The number of carbonyl (C=O) groups is 1. The molecule has 0 aliphatic heterocycles. The van der Waals surface area contributed by atoms with Gasteiger partial charge in [0, 0.05) is 11.8 Å². The zero-order valence-electron chi connectivity index (χ0n) is 14.5. The van der Waals surface area contributed by atoms with E-state index >= 15 is 0 Å². The van der Waals surface area contributed by atoms with Crippen LogP contribution in [0.4, 0.5) is 0 Å². The second-order valence-electron chi connectivity index (χ2n) is 6.37. The zero-order valence-corrected chi connectivity index (χ0v) is 14.5. The number of imidazole rings is 1. The van der Waals surface area contributed by atoms with Crippen LogP contribution in [0.5, 0.6) is 0 Å². The third-order valence-corrected chi connectivity index (χ3v) is 4.66. The number of fused-ring (bicyclic) bond motifs is 2. The second kappa shape index (κ2) is 6.55. The highest BCUT2D eigenvalue weighted by atomic mass is 16.1. The molecule has 0 aliphatic carbocycles. The first kappa shape index (κ1) is 16.2. The summed E-state index contributed by atoms with van der Waals surface area (Å²) in [5.41, 5.74) is 2.89. The van der Waals surface area contributed by atoms with Gasteiger partial charge in [-0.1, -0.05) is 32.4 Å². The lowest BCUT2D eigenvalue weighted by atomic mass is 9.98. The Labute approximate surface area is 149 Å². The molecule has 0 fully saturated rings. The predicted molar refractivity (Wildman–Crippen MR) is 96.5 cm³/mol. The molecule has 4 rings (SSSR count). The average molecular weight is 349 g/mol. The lowest BCUT2D eigenvalue weighted by Crippen LogP contribution is -2.33. The molecular weight excluding hydrogens is 330 g/mol. The van der Waals surface area contributed by atoms with Crippen molar-refractivity contribution in [3.63, 3.8) is 0 Å². The van der Waals surface area contributed by atoms with Crippen molar-refractivity contribution in [2.45, 2.75) is 26.3 Å². The molecule has 8 nitrogen and oxygen atoms in total. The number of hydrogen-bond donors (Lipinski definition) is 2. The minimum atomic E-state index is -0.216. The summed E-state index contributed by atoms with van der Waals surface area (Å²) in [7, 11) is 0. The quantitative estimate of drug-likeness (QED) is 0.576. The number of hydrogen-bond acceptors (Lipinski definition) is 5. The van der Waals surface area contributed by atoms with E-state index in [1.54, 1.807) is 18.3 Å². The Morgan fingerprint density at radius 1 is 1.31 bits per heavy atom. The average Bonchev–Trinajstić information content (AvgIpc) is 3.30. The summed E-state index contributed by atoms with van der Waals surface area (Å²) in [6.45, 7) is 4.20. The Kier molecular flexibility index (Phi) is 4.08. The van der Waals surface area contributed by atoms with Crippen LogP contribution in [0.1, 0.15) is 42.5 Å². The molecule has 2 atom stereocenters. The van der Waals surface area contributed by atoms with Gasteiger partial charge in [-0.05, 0) is 40.6 Å². The van der Waals surface area contributed by atoms with Gasteiger partial charge in [-0.25, -0.2) is 9.50 Å². The van der Waals surface area contributed by atoms with Crippen LogP contribution >= 0.6 is 0 Å². The van der Waals surface area contributed by atoms with Crippen molar-refractivity contribution in [1.29, 1.82) is 0 Å². The van der Waals surface area contributed by atoms with E-state index in [4.69, 9.17) is 0 Å². The van der Waals surface area contributed by atoms with Gasteiger partial charge in [0.15, 0.2) is 5.65 Å². The highest BCUT2D eigenvalue weighted by molar-refractivity contribution is 5.95. The van der Waals surface area contributed by atoms with Crippen molar-refractivity contribution in [3.8, 4) is 0 Å². The molecular formula is C18H19N7O. The number of aromatic amines is 1. The van der Waals surface area contributed by atoms with Crippen molar-refractivity contribution in [3.05, 3.63) is 54.0 Å². The summed E-state index contributed by atoms with van der Waals surface area (Å²) >= 11 is 0. The fraction of sp³-hybridized carbons (Fsp3) is 0.278. The monoisotopic (exact) mass is 349 g/mol. The zero-order chi connectivity index (χ0) is 18.1. The van der Waals surface area contributed by atoms with Gasteiger partial charge < -0.3 is 10.3 Å². The molecule has 3 heterocycles. The van der Waals surface area contributed by atoms with E-state index in [0.717, 1.165) is 23.3 Å². The lowest BCUT2D eigenvalue weighted by molar-refractivity contribution is 0.0920. The molecule has 0 spiro atoms. The summed E-state index contributed by atoms with van der Waals surface area (Å²) in [6.07, 6.45) is 2.58. The van der Waals surface area contributed by atoms with Crippen molar-refractivity contribution in [2.24, 2.45) is 5.92 Å². The van der Waals surface area contributed by atoms with Crippen LogP contribution in [-0.2, 0) is 0 Å². The molecule has 0 saturated heterocycles. The maximum Gasteiger partial charge on any atom is 0.252 e. The van der Waals surface area contributed by atoms with Crippen LogP contribution in [0.2, 0.25) is 0 Å². The van der Waals surface area contributed by atoms with Gasteiger partial charge in [0.25, 0.3) is 5.91 Å². The number of amides is 1. The van der Waals surface area contributed by atoms with E-state index in [2.05, 4.69) is 44.7 Å². The normalized spacial score (nSPS) is 13.8. The number of nitrogens with one attached hydrogen (secondary N) is 2. The number of H-pyrrole nitrogens is 1. The second-order valence-corrected chi connectivity index (χ2v) is 6.37. The van der Waals surface area contributed by atoms with Crippen LogP contribution in [0, 0.1) is 5.92 Å². The fourth-order valence-corrected chi connectivity index (χ4v) is 2.94. The molecule has 26 heavy (non-hydrogen) atoms. The number of tetrazole rings is 1. The van der Waals surface area contributed by atoms with Crippen molar-refractivity contribution < 1.29 is 4.79 Å². The highest BCUT2D eigenvalue weighted by Crippen LogP contribution is 2.25. The van der Waals surface area contributed by atoms with Crippen molar-refractivity contribution in [1.82, 2.24) is 35.3 Å². The Morgan fingerprint density at radius 3 is 2.96 bits per heavy atom. The molecule has 1 amide bonds. The van der Waals surface area contributed by atoms with Gasteiger partial charge in [0.05, 0.1) is 17.1 Å². The van der Waals surface area contributed by atoms with Gasteiger partial charge in [-0.2, -0.15) is 0 Å². The Balaban J connectivity index is 1.64. The van der Waals surface area contributed by atoms with Crippen LogP contribution in [0.25, 0.3) is 16.7 Å². The van der Waals surface area contributed by atoms with E-state index in [1.165, 1.54) is 4.52 Å². The molecule has 4 aromatic rings. The molecule has 1 aromatic carbocycles. The molecule has 0 aliphatic rings. The maximum atomic E-state index is 12.8. The van der Waals surface area contributed by atoms with E-state index in [9.17, 15) is 4.79 Å². The predicted octanol–water partition coefficient (Wildman–Crippen LogP) is 2.52. The molecule has 2 N–H and O–H groups in total. The molecule has 132 valence electrons. The Hall–Kier alpha value is -3.29. The number of aromatic nitrogens is 6. The van der Waals surface area contributed by atoms with Crippen molar-refractivity contribution >= 4 is 22.6 Å². The lowest BCUT2D eigenvalue weighted by Gasteiger charge is -2.22. The summed E-state index contributed by atoms with van der Waals surface area (Å²) in [4.78, 5) is 20.8. The van der Waals surface area contributed by atoms with E-state index in [1.807, 2.05) is 24.3 Å². The minimum absolute atomic E-state index is 0.179. The van der Waals surface area contributed by atoms with Gasteiger partial charge in [0.1, 0.15) is 5.82 Å². The molecule has 3 aromatic heterocycles. The third-order valence-electron chi connectivity index (χ3n) is 4.66. The van der Waals surface area contributed by atoms with Crippen LogP contribution in [0.15, 0.2) is 42.6 Å². The Bertz CT molecular complexity index is 1030. The van der Waals surface area contributed by atoms with E-state index < -0.39 is 0 Å². The van der Waals surface area contributed by atoms with Gasteiger partial charge in [-0.15, -0.1) is 5.10 Å². The molecule has 0 saturated carbocycles. The van der Waals surface area contributed by atoms with E-state index in [0.29, 0.717) is 11.2 Å². The van der Waals surface area contributed by atoms with Crippen LogP contribution in [0.3, 0.4) is 0 Å². The molecule has 0 unspecified atom stereocenters. The summed E-state index contributed by atoms with van der Waals surface area (Å²) in [5.74, 6) is 0.804. The number of para-hydroxylation sites is 2. The molecule has 0 radical (unpaired) electrons. The third kappa shape index (κ3) is 2.90. The fourth-order valence-electron chi connectivity index (χ4n) is 2.94. The van der Waals surface area contributed by atoms with Gasteiger partial charge in [0.2, 0.25) is 0 Å². The number of benzene rings is 1. The summed E-state index contributed by atoms with van der Waals surface area (Å²) in [6, 6.07) is 11.0. The van der Waals surface area contributed by atoms with Gasteiger partial charge >= 0.3 is 0 Å². The van der Waals surface area contributed by atoms with Crippen molar-refractivity contribution in [2.75, 3.05) is 0 Å². The first-order chi connectivity index (χ1) is 12.7. The minimum Gasteiger partial charge on any atom is -0.342 e. The standard InChI is InChI=1S/C18H19N7O/c1-3-11(2)16(17-19-13-6-4-5-7-14(13)20-17)21-18(26)12-8-9-25-15(10-12)22-23-24-25/h4-11,16H,3H2,1-2H3,(H,19,20)(H,21,26)/t11-,16+/m1/s1. The Morgan fingerprint density at radius 2 is 2.15 bits per heavy atom. The SMILES string of the molecule is CC[C@@H](C)[C@H](NC(=O)c1ccn2nnnc2c1)c1nc2ccccc2[nH]1. The van der Waals surface area contributed by atoms with E-state index in [-0.39, 0.29) is 17.9 Å². The number of rotatable bonds is 5. The largest absolute Gasteiger partial charge is 0.342 e. The number of nitrogens with zero attached hydrogens (tertiary/aromatic N) is 5. The first-order valence-corrected chi connectivity index (χ1v) is 8.59. The van der Waals surface area contributed by atoms with Crippen LogP contribution in [-0.4, -0.2) is 35.9 Å². The topological polar surface area (TPSA) is 101 Å². The number of pyridine rings is 1. The van der Waals surface area contributed by atoms with Gasteiger partial charge in [-0.3, -0.25) is 4.79 Å². The first-order valence-electron chi connectivity index (χ1n) is 8.59. The highest BCUT2D eigenvalue weighted by Gasteiger charge is 2.24. The molecule has 8 heteroatoms. The molecule has 0 bridgehead atoms. The van der Waals surface area contributed by atoms with Crippen LogP contribution < -0.4 is 5.32 Å². The summed E-state index contributed by atoms with van der Waals surface area (Å²) < 4.78 is 1.52. The smallest absolute Gasteiger partial charge is 0.252 e. The summed E-state index contributed by atoms with van der Waals surface area (Å²) in [5, 5.41) is 14.4.